The lowest BCUT2D eigenvalue weighted by molar-refractivity contribution is 0.380. The minimum atomic E-state index is 0.366. The highest BCUT2D eigenvalue weighted by Crippen LogP contribution is 2.11. The summed E-state index contributed by atoms with van der Waals surface area (Å²) in [5.41, 5.74) is 2.23. The van der Waals surface area contributed by atoms with E-state index in [1.165, 1.54) is 4.88 Å². The van der Waals surface area contributed by atoms with Gasteiger partial charge < -0.3 is 5.32 Å². The first-order valence-electron chi connectivity index (χ1n) is 4.16. The number of nitrogens with zero attached hydrogens (tertiary/aromatic N) is 1. The van der Waals surface area contributed by atoms with Crippen LogP contribution in [-0.4, -0.2) is 11.5 Å². The summed E-state index contributed by atoms with van der Waals surface area (Å²) in [6.45, 7) is 8.68. The molecule has 0 aromatic carbocycles. The van der Waals surface area contributed by atoms with Crippen LogP contribution < -0.4 is 5.32 Å². The summed E-state index contributed by atoms with van der Waals surface area (Å²) in [4.78, 5) is 5.32. The van der Waals surface area contributed by atoms with Crippen molar-refractivity contribution in [3.05, 3.63) is 16.6 Å². The molecule has 3 heteroatoms. The summed E-state index contributed by atoms with van der Waals surface area (Å²) in [6, 6.07) is 0. The van der Waals surface area contributed by atoms with Gasteiger partial charge in [-0.05, 0) is 5.41 Å². The molecule has 0 fully saturated rings. The second kappa shape index (κ2) is 4.01. The highest BCUT2D eigenvalue weighted by atomic mass is 32.1. The van der Waals surface area contributed by atoms with Gasteiger partial charge in [-0.15, -0.1) is 11.3 Å². The lowest BCUT2D eigenvalue weighted by Crippen LogP contribution is -2.26. The maximum absolute atomic E-state index is 4.02. The van der Waals surface area contributed by atoms with Crippen molar-refractivity contribution in [1.29, 1.82) is 0 Å². The molecule has 1 heterocycles. The van der Waals surface area contributed by atoms with E-state index in [-0.39, 0.29) is 0 Å². The Morgan fingerprint density at radius 1 is 1.50 bits per heavy atom. The van der Waals surface area contributed by atoms with Gasteiger partial charge in [0.15, 0.2) is 0 Å². The largest absolute Gasteiger partial charge is 0.311 e. The average molecular weight is 184 g/mol. The van der Waals surface area contributed by atoms with Gasteiger partial charge in [-0.25, -0.2) is 0 Å². The maximum Gasteiger partial charge on any atom is 0.0794 e. The highest BCUT2D eigenvalue weighted by Gasteiger charge is 2.08. The van der Waals surface area contributed by atoms with Crippen molar-refractivity contribution in [3.8, 4) is 0 Å². The Labute approximate surface area is 78.0 Å². The Morgan fingerprint density at radius 2 is 2.25 bits per heavy atom. The molecule has 1 N–H and O–H groups in total. The van der Waals surface area contributed by atoms with Crippen LogP contribution in [0.3, 0.4) is 0 Å². The van der Waals surface area contributed by atoms with Gasteiger partial charge in [0.2, 0.25) is 0 Å². The molecule has 2 nitrogen and oxygen atoms in total. The summed E-state index contributed by atoms with van der Waals surface area (Å²) in [6.07, 6.45) is 1.92. The molecule has 0 aliphatic rings. The molecule has 0 atom stereocenters. The molecule has 0 aliphatic heterocycles. The van der Waals surface area contributed by atoms with Gasteiger partial charge in [-0.2, -0.15) is 0 Å². The minimum Gasteiger partial charge on any atom is -0.311 e. The van der Waals surface area contributed by atoms with Crippen LogP contribution in [-0.2, 0) is 6.54 Å². The van der Waals surface area contributed by atoms with Crippen molar-refractivity contribution in [2.45, 2.75) is 27.3 Å². The molecule has 0 saturated heterocycles. The molecule has 1 rings (SSSR count). The second-order valence-electron chi connectivity index (χ2n) is 4.13. The van der Waals surface area contributed by atoms with Crippen LogP contribution in [0.5, 0.6) is 0 Å². The van der Waals surface area contributed by atoms with E-state index >= 15 is 0 Å². The summed E-state index contributed by atoms with van der Waals surface area (Å²) in [5, 5.41) is 3.40. The first-order valence-corrected chi connectivity index (χ1v) is 5.04. The number of nitrogens with one attached hydrogen (secondary N) is 1. The van der Waals surface area contributed by atoms with Gasteiger partial charge in [0, 0.05) is 24.2 Å². The number of aromatic nitrogens is 1. The van der Waals surface area contributed by atoms with Gasteiger partial charge >= 0.3 is 0 Å². The molecular weight excluding hydrogens is 168 g/mol. The maximum atomic E-state index is 4.02. The molecule has 0 spiro atoms. The van der Waals surface area contributed by atoms with E-state index in [2.05, 4.69) is 31.1 Å². The highest BCUT2D eigenvalue weighted by molar-refractivity contribution is 7.09. The molecule has 12 heavy (non-hydrogen) atoms. The van der Waals surface area contributed by atoms with E-state index in [4.69, 9.17) is 0 Å². The Kier molecular flexibility index (Phi) is 3.23. The van der Waals surface area contributed by atoms with Gasteiger partial charge in [0.05, 0.1) is 5.51 Å². The Hall–Kier alpha value is -0.410. The molecule has 0 unspecified atom stereocenters. The first-order chi connectivity index (χ1) is 5.58. The fourth-order valence-corrected chi connectivity index (χ4v) is 1.45. The summed E-state index contributed by atoms with van der Waals surface area (Å²) in [5.74, 6) is 0. The second-order valence-corrected chi connectivity index (χ2v) is 5.10. The third kappa shape index (κ3) is 3.83. The Balaban J connectivity index is 2.20. The first kappa shape index (κ1) is 9.68. The van der Waals surface area contributed by atoms with Gasteiger partial charge in [-0.3, -0.25) is 4.98 Å². The quantitative estimate of drug-likeness (QED) is 0.779. The lowest BCUT2D eigenvalue weighted by atomic mass is 9.97. The number of thiazole rings is 1. The minimum absolute atomic E-state index is 0.366. The fraction of sp³-hybridized carbons (Fsp3) is 0.667. The van der Waals surface area contributed by atoms with Crippen LogP contribution in [0.4, 0.5) is 0 Å². The molecule has 68 valence electrons. The smallest absolute Gasteiger partial charge is 0.0794 e. The van der Waals surface area contributed by atoms with E-state index in [1.54, 1.807) is 11.3 Å². The van der Waals surface area contributed by atoms with Gasteiger partial charge in [0.1, 0.15) is 0 Å². The zero-order valence-corrected chi connectivity index (χ0v) is 8.74. The molecule has 0 radical (unpaired) electrons. The van der Waals surface area contributed by atoms with E-state index in [1.807, 2.05) is 11.7 Å². The molecule has 1 aromatic rings. The topological polar surface area (TPSA) is 24.9 Å². The van der Waals surface area contributed by atoms with Crippen LogP contribution >= 0.6 is 11.3 Å². The molecule has 0 aliphatic carbocycles. The van der Waals surface area contributed by atoms with E-state index in [0.29, 0.717) is 5.41 Å². The van der Waals surface area contributed by atoms with Crippen molar-refractivity contribution in [2.24, 2.45) is 5.41 Å². The predicted octanol–water partition coefficient (Wildman–Crippen LogP) is 2.28. The average Bonchev–Trinajstić information content (AvgIpc) is 2.36. The summed E-state index contributed by atoms with van der Waals surface area (Å²) >= 11 is 1.70. The molecule has 0 amide bonds. The zero-order valence-electron chi connectivity index (χ0n) is 7.92. The molecule has 0 saturated carbocycles. The molecular formula is C9H16N2S. The number of hydrogen-bond donors (Lipinski definition) is 1. The predicted molar refractivity (Wildman–Crippen MR) is 53.3 cm³/mol. The van der Waals surface area contributed by atoms with E-state index in [0.717, 1.165) is 13.1 Å². The van der Waals surface area contributed by atoms with Crippen LogP contribution in [0, 0.1) is 5.41 Å². The Bertz CT molecular complexity index is 211. The van der Waals surface area contributed by atoms with Crippen molar-refractivity contribution < 1.29 is 0 Å². The number of hydrogen-bond acceptors (Lipinski definition) is 3. The van der Waals surface area contributed by atoms with Crippen molar-refractivity contribution >= 4 is 11.3 Å². The van der Waals surface area contributed by atoms with Crippen LogP contribution in [0.2, 0.25) is 0 Å². The summed E-state index contributed by atoms with van der Waals surface area (Å²) in [7, 11) is 0. The summed E-state index contributed by atoms with van der Waals surface area (Å²) < 4.78 is 0. The monoisotopic (exact) mass is 184 g/mol. The molecule has 1 aromatic heterocycles. The fourth-order valence-electron chi connectivity index (χ4n) is 0.890. The van der Waals surface area contributed by atoms with Crippen LogP contribution in [0.1, 0.15) is 25.6 Å². The van der Waals surface area contributed by atoms with Crippen LogP contribution in [0.25, 0.3) is 0 Å². The lowest BCUT2D eigenvalue weighted by Gasteiger charge is -2.18. The van der Waals surface area contributed by atoms with Crippen LogP contribution in [0.15, 0.2) is 11.7 Å². The standard InChI is InChI=1S/C9H16N2S/c1-9(2,3)6-10-4-8-5-11-7-12-8/h5,7,10H,4,6H2,1-3H3. The van der Waals surface area contributed by atoms with E-state index < -0.39 is 0 Å². The van der Waals surface area contributed by atoms with Crippen molar-refractivity contribution in [2.75, 3.05) is 6.54 Å². The van der Waals surface area contributed by atoms with Crippen molar-refractivity contribution in [3.63, 3.8) is 0 Å². The third-order valence-corrected chi connectivity index (χ3v) is 2.22. The van der Waals surface area contributed by atoms with E-state index in [9.17, 15) is 0 Å². The SMILES string of the molecule is CC(C)(C)CNCc1cncs1. The van der Waals surface area contributed by atoms with Gasteiger partial charge in [0.25, 0.3) is 0 Å². The molecule has 0 bridgehead atoms. The zero-order chi connectivity index (χ0) is 9.03. The van der Waals surface area contributed by atoms with Crippen molar-refractivity contribution in [1.82, 2.24) is 10.3 Å². The van der Waals surface area contributed by atoms with Gasteiger partial charge in [-0.1, -0.05) is 20.8 Å². The normalized spacial score (nSPS) is 11.9. The number of rotatable bonds is 3. The Morgan fingerprint density at radius 3 is 2.75 bits per heavy atom. The third-order valence-electron chi connectivity index (χ3n) is 1.44.